The Hall–Kier alpha value is -1.93. The van der Waals surface area contributed by atoms with Crippen molar-refractivity contribution < 1.29 is 23.1 Å². The highest BCUT2D eigenvalue weighted by Gasteiger charge is 2.20. The van der Waals surface area contributed by atoms with Gasteiger partial charge in [0.25, 0.3) is 0 Å². The monoisotopic (exact) mass is 496 g/mol. The SMILES string of the molecule is CCCCCCCCCC(=O)NC(CCCCNS(=O)(=O)c1ccc(C(C)(C)C)cc1)C(=O)O. The minimum Gasteiger partial charge on any atom is -0.480 e. The summed E-state index contributed by atoms with van der Waals surface area (Å²) >= 11 is 0. The number of carboxylic acids is 1. The summed E-state index contributed by atoms with van der Waals surface area (Å²) in [4.78, 5) is 23.8. The van der Waals surface area contributed by atoms with Gasteiger partial charge in [-0.05, 0) is 48.8 Å². The molecule has 1 aromatic rings. The molecule has 1 atom stereocenters. The summed E-state index contributed by atoms with van der Waals surface area (Å²) in [6, 6.07) is 5.90. The molecule has 0 saturated heterocycles. The Balaban J connectivity index is 2.34. The fraction of sp³-hybridized carbons (Fsp3) is 0.692. The van der Waals surface area contributed by atoms with Crippen molar-refractivity contribution in [2.45, 2.75) is 115 Å². The molecular formula is C26H44N2O5S. The number of rotatable bonds is 17. The van der Waals surface area contributed by atoms with E-state index in [9.17, 15) is 23.1 Å². The van der Waals surface area contributed by atoms with Crippen LogP contribution in [-0.4, -0.2) is 38.0 Å². The van der Waals surface area contributed by atoms with Crippen LogP contribution in [0.2, 0.25) is 0 Å². The number of sulfonamides is 1. The van der Waals surface area contributed by atoms with Crippen LogP contribution in [0, 0.1) is 0 Å². The summed E-state index contributed by atoms with van der Waals surface area (Å²) < 4.78 is 27.5. The van der Waals surface area contributed by atoms with Crippen molar-refractivity contribution in [3.8, 4) is 0 Å². The molecule has 0 aromatic heterocycles. The van der Waals surface area contributed by atoms with Crippen molar-refractivity contribution in [2.24, 2.45) is 0 Å². The van der Waals surface area contributed by atoms with E-state index in [0.29, 0.717) is 19.3 Å². The van der Waals surface area contributed by atoms with Gasteiger partial charge in [-0.2, -0.15) is 0 Å². The molecule has 194 valence electrons. The third-order valence-corrected chi connectivity index (χ3v) is 7.36. The van der Waals surface area contributed by atoms with Gasteiger partial charge >= 0.3 is 5.97 Å². The molecule has 0 radical (unpaired) electrons. The van der Waals surface area contributed by atoms with Crippen LogP contribution in [0.1, 0.15) is 104 Å². The fourth-order valence-electron chi connectivity index (χ4n) is 3.66. The Morgan fingerprint density at radius 3 is 2.06 bits per heavy atom. The predicted octanol–water partition coefficient (Wildman–Crippen LogP) is 5.14. The number of hydrogen-bond donors (Lipinski definition) is 3. The number of hydrogen-bond acceptors (Lipinski definition) is 4. The third-order valence-electron chi connectivity index (χ3n) is 5.88. The molecule has 0 fully saturated rings. The van der Waals surface area contributed by atoms with Crippen LogP contribution in [0.15, 0.2) is 29.2 Å². The molecule has 1 unspecified atom stereocenters. The molecule has 1 amide bonds. The van der Waals surface area contributed by atoms with E-state index in [2.05, 4.69) is 37.7 Å². The van der Waals surface area contributed by atoms with Crippen LogP contribution in [0.4, 0.5) is 0 Å². The number of aliphatic carboxylic acids is 1. The van der Waals surface area contributed by atoms with E-state index in [4.69, 9.17) is 0 Å². The third kappa shape index (κ3) is 12.0. The maximum Gasteiger partial charge on any atom is 0.326 e. The zero-order chi connectivity index (χ0) is 25.6. The van der Waals surface area contributed by atoms with Gasteiger partial charge in [0.2, 0.25) is 15.9 Å². The maximum atomic E-state index is 12.5. The molecule has 34 heavy (non-hydrogen) atoms. The lowest BCUT2D eigenvalue weighted by Crippen LogP contribution is -2.40. The molecule has 0 aliphatic carbocycles. The summed E-state index contributed by atoms with van der Waals surface area (Å²) in [5, 5.41) is 12.0. The van der Waals surface area contributed by atoms with Crippen molar-refractivity contribution in [1.29, 1.82) is 0 Å². The normalized spacial score (nSPS) is 12.9. The van der Waals surface area contributed by atoms with Gasteiger partial charge < -0.3 is 10.4 Å². The number of carbonyl (C=O) groups is 2. The first kappa shape index (κ1) is 30.1. The number of carbonyl (C=O) groups excluding carboxylic acids is 1. The smallest absolute Gasteiger partial charge is 0.326 e. The van der Waals surface area contributed by atoms with Gasteiger partial charge in [-0.25, -0.2) is 17.9 Å². The van der Waals surface area contributed by atoms with E-state index in [0.717, 1.165) is 24.8 Å². The molecule has 1 rings (SSSR count). The number of carboxylic acid groups (broad SMARTS) is 1. The molecule has 8 heteroatoms. The average molecular weight is 497 g/mol. The average Bonchev–Trinajstić information content (AvgIpc) is 2.76. The largest absolute Gasteiger partial charge is 0.480 e. The quantitative estimate of drug-likeness (QED) is 0.258. The van der Waals surface area contributed by atoms with E-state index in [1.165, 1.54) is 25.7 Å². The number of benzene rings is 1. The van der Waals surface area contributed by atoms with Crippen molar-refractivity contribution >= 4 is 21.9 Å². The first-order chi connectivity index (χ1) is 16.0. The van der Waals surface area contributed by atoms with Gasteiger partial charge in [0.1, 0.15) is 6.04 Å². The van der Waals surface area contributed by atoms with Crippen LogP contribution in [0.3, 0.4) is 0 Å². The lowest BCUT2D eigenvalue weighted by atomic mass is 9.87. The van der Waals surface area contributed by atoms with Gasteiger partial charge in [0.05, 0.1) is 4.90 Å². The minimum absolute atomic E-state index is 0.0555. The van der Waals surface area contributed by atoms with Gasteiger partial charge in [0, 0.05) is 13.0 Å². The van der Waals surface area contributed by atoms with Crippen molar-refractivity contribution in [3.05, 3.63) is 29.8 Å². The Labute approximate surface area is 206 Å². The molecule has 0 saturated carbocycles. The molecule has 0 aliphatic rings. The zero-order valence-electron chi connectivity index (χ0n) is 21.4. The minimum atomic E-state index is -3.62. The predicted molar refractivity (Wildman–Crippen MR) is 136 cm³/mol. The summed E-state index contributed by atoms with van der Waals surface area (Å²) in [6.45, 7) is 8.58. The first-order valence-electron chi connectivity index (χ1n) is 12.6. The molecule has 3 N–H and O–H groups in total. The summed E-state index contributed by atoms with van der Waals surface area (Å²) in [6.07, 6.45) is 9.27. The molecule has 0 bridgehead atoms. The van der Waals surface area contributed by atoms with Gasteiger partial charge in [-0.1, -0.05) is 78.4 Å². The van der Waals surface area contributed by atoms with Gasteiger partial charge in [-0.3, -0.25) is 4.79 Å². The van der Waals surface area contributed by atoms with E-state index >= 15 is 0 Å². The second kappa shape index (κ2) is 15.1. The molecular weight excluding hydrogens is 452 g/mol. The van der Waals surface area contributed by atoms with Crippen molar-refractivity contribution in [3.63, 3.8) is 0 Å². The van der Waals surface area contributed by atoms with Crippen molar-refractivity contribution in [2.75, 3.05) is 6.54 Å². The number of nitrogens with one attached hydrogen (secondary N) is 2. The number of unbranched alkanes of at least 4 members (excludes halogenated alkanes) is 7. The fourth-order valence-corrected chi connectivity index (χ4v) is 4.74. The van der Waals surface area contributed by atoms with Crippen LogP contribution >= 0.6 is 0 Å². The first-order valence-corrected chi connectivity index (χ1v) is 14.1. The Morgan fingerprint density at radius 2 is 1.50 bits per heavy atom. The summed E-state index contributed by atoms with van der Waals surface area (Å²) in [5.41, 5.74) is 1.00. The van der Waals surface area contributed by atoms with Gasteiger partial charge in [-0.15, -0.1) is 0 Å². The lowest BCUT2D eigenvalue weighted by Gasteiger charge is -2.19. The van der Waals surface area contributed by atoms with E-state index in [1.807, 2.05) is 12.1 Å². The lowest BCUT2D eigenvalue weighted by molar-refractivity contribution is -0.142. The van der Waals surface area contributed by atoms with E-state index in [1.54, 1.807) is 12.1 Å². The second-order valence-electron chi connectivity index (χ2n) is 10.00. The van der Waals surface area contributed by atoms with Crippen LogP contribution in [0.5, 0.6) is 0 Å². The van der Waals surface area contributed by atoms with Crippen LogP contribution in [-0.2, 0) is 25.0 Å². The molecule has 0 spiro atoms. The second-order valence-corrected chi connectivity index (χ2v) is 11.8. The zero-order valence-corrected chi connectivity index (χ0v) is 22.2. The molecule has 0 heterocycles. The Morgan fingerprint density at radius 1 is 0.912 bits per heavy atom. The summed E-state index contributed by atoms with van der Waals surface area (Å²) in [7, 11) is -3.62. The highest BCUT2D eigenvalue weighted by molar-refractivity contribution is 7.89. The van der Waals surface area contributed by atoms with Gasteiger partial charge in [0.15, 0.2) is 0 Å². The Bertz CT molecular complexity index is 845. The highest BCUT2D eigenvalue weighted by Crippen LogP contribution is 2.23. The van der Waals surface area contributed by atoms with Crippen LogP contribution in [0.25, 0.3) is 0 Å². The number of amides is 1. The molecule has 7 nitrogen and oxygen atoms in total. The molecule has 1 aromatic carbocycles. The standard InChI is InChI=1S/C26H44N2O5S/c1-5-6-7-8-9-10-11-15-24(29)28-23(25(30)31)14-12-13-20-27-34(32,33)22-18-16-21(17-19-22)26(2,3)4/h16-19,23,27H,5-15,20H2,1-4H3,(H,28,29)(H,30,31). The van der Waals surface area contributed by atoms with E-state index in [-0.39, 0.29) is 29.2 Å². The van der Waals surface area contributed by atoms with Crippen LogP contribution < -0.4 is 10.0 Å². The topological polar surface area (TPSA) is 113 Å². The highest BCUT2D eigenvalue weighted by atomic mass is 32.2. The molecule has 0 aliphatic heterocycles. The Kier molecular flexibility index (Phi) is 13.4. The maximum absolute atomic E-state index is 12.5. The van der Waals surface area contributed by atoms with E-state index < -0.39 is 22.0 Å². The van der Waals surface area contributed by atoms with Crippen molar-refractivity contribution in [1.82, 2.24) is 10.0 Å². The summed E-state index contributed by atoms with van der Waals surface area (Å²) in [5.74, 6) is -1.30.